The molecule has 1 fully saturated rings. The zero-order valence-electron chi connectivity index (χ0n) is 9.77. The Bertz CT molecular complexity index is 501. The van der Waals surface area contributed by atoms with Crippen LogP contribution in [-0.2, 0) is 6.42 Å². The van der Waals surface area contributed by atoms with E-state index in [0.29, 0.717) is 0 Å². The van der Waals surface area contributed by atoms with Crippen molar-refractivity contribution in [3.05, 3.63) is 22.9 Å². The summed E-state index contributed by atoms with van der Waals surface area (Å²) in [5, 5.41) is 13.8. The third kappa shape index (κ3) is 2.73. The molecule has 5 heteroatoms. The number of aryl methyl sites for hydroxylation is 1. The molecule has 90 valence electrons. The molecule has 2 aromatic rings. The molecule has 3 rings (SSSR count). The van der Waals surface area contributed by atoms with Crippen molar-refractivity contribution in [1.82, 2.24) is 15.5 Å². The molecule has 1 aliphatic carbocycles. The lowest BCUT2D eigenvalue weighted by Crippen LogP contribution is -2.19. The number of aromatic nitrogens is 2. The van der Waals surface area contributed by atoms with Gasteiger partial charge in [-0.05, 0) is 31.9 Å². The van der Waals surface area contributed by atoms with Crippen LogP contribution < -0.4 is 5.32 Å². The number of nitrogens with zero attached hydrogens (tertiary/aromatic N) is 2. The molecule has 0 aliphatic heterocycles. The fourth-order valence-electron chi connectivity index (χ4n) is 1.67. The van der Waals surface area contributed by atoms with Crippen molar-refractivity contribution < 1.29 is 4.42 Å². The van der Waals surface area contributed by atoms with Crippen molar-refractivity contribution in [3.63, 3.8) is 0 Å². The summed E-state index contributed by atoms with van der Waals surface area (Å²) in [6.07, 6.45) is 3.61. The molecule has 0 saturated heterocycles. The zero-order chi connectivity index (χ0) is 11.7. The molecule has 0 unspecified atom stereocenters. The van der Waals surface area contributed by atoms with Gasteiger partial charge in [0.15, 0.2) is 10.8 Å². The normalized spacial score (nSPS) is 15.4. The van der Waals surface area contributed by atoms with Gasteiger partial charge in [-0.15, -0.1) is 10.2 Å². The molecule has 4 nitrogen and oxygen atoms in total. The second-order valence-corrected chi connectivity index (χ2v) is 5.45. The Morgan fingerprint density at radius 3 is 3.00 bits per heavy atom. The molecule has 0 bridgehead atoms. The van der Waals surface area contributed by atoms with Gasteiger partial charge in [-0.1, -0.05) is 11.3 Å². The standard InChI is InChI=1S/C12H15N3OS/c1-8-2-5-10(16-8)12-15-14-11(17-12)6-7-13-9-3-4-9/h2,5,9,13H,3-4,6-7H2,1H3. The fourth-order valence-corrected chi connectivity index (χ4v) is 2.48. The highest BCUT2D eigenvalue weighted by molar-refractivity contribution is 7.14. The summed E-state index contributed by atoms with van der Waals surface area (Å²) in [6, 6.07) is 4.66. The van der Waals surface area contributed by atoms with Gasteiger partial charge in [0.25, 0.3) is 0 Å². The van der Waals surface area contributed by atoms with Crippen molar-refractivity contribution in [3.8, 4) is 10.8 Å². The first kappa shape index (κ1) is 10.9. The molecule has 0 spiro atoms. The van der Waals surface area contributed by atoms with E-state index in [4.69, 9.17) is 4.42 Å². The lowest BCUT2D eigenvalue weighted by Gasteiger charge is -1.97. The van der Waals surface area contributed by atoms with Gasteiger partial charge in [-0.3, -0.25) is 0 Å². The SMILES string of the molecule is Cc1ccc(-c2nnc(CCNC3CC3)s2)o1. The van der Waals surface area contributed by atoms with E-state index >= 15 is 0 Å². The molecule has 17 heavy (non-hydrogen) atoms. The summed E-state index contributed by atoms with van der Waals surface area (Å²) in [7, 11) is 0. The van der Waals surface area contributed by atoms with E-state index in [1.807, 2.05) is 19.1 Å². The zero-order valence-corrected chi connectivity index (χ0v) is 10.6. The van der Waals surface area contributed by atoms with E-state index in [1.165, 1.54) is 12.8 Å². The Morgan fingerprint density at radius 2 is 2.29 bits per heavy atom. The third-order valence-electron chi connectivity index (χ3n) is 2.77. The molecule has 1 N–H and O–H groups in total. The van der Waals surface area contributed by atoms with Gasteiger partial charge in [0.05, 0.1) is 0 Å². The van der Waals surface area contributed by atoms with Gasteiger partial charge in [0, 0.05) is 19.0 Å². The topological polar surface area (TPSA) is 51.0 Å². The first-order valence-electron chi connectivity index (χ1n) is 5.94. The van der Waals surface area contributed by atoms with E-state index < -0.39 is 0 Å². The lowest BCUT2D eigenvalue weighted by atomic mass is 10.4. The maximum Gasteiger partial charge on any atom is 0.183 e. The van der Waals surface area contributed by atoms with E-state index in [0.717, 1.165) is 40.5 Å². The van der Waals surface area contributed by atoms with Crippen molar-refractivity contribution in [2.24, 2.45) is 0 Å². The average molecular weight is 249 g/mol. The minimum absolute atomic E-state index is 0.759. The number of rotatable bonds is 5. The van der Waals surface area contributed by atoms with E-state index in [2.05, 4.69) is 15.5 Å². The Kier molecular flexibility index (Phi) is 2.94. The first-order chi connectivity index (χ1) is 8.31. The summed E-state index contributed by atoms with van der Waals surface area (Å²) >= 11 is 1.62. The van der Waals surface area contributed by atoms with Crippen molar-refractivity contribution in [1.29, 1.82) is 0 Å². The van der Waals surface area contributed by atoms with Gasteiger partial charge in [0.2, 0.25) is 0 Å². The quantitative estimate of drug-likeness (QED) is 0.884. The second-order valence-electron chi connectivity index (χ2n) is 4.39. The second kappa shape index (κ2) is 4.58. The predicted molar refractivity (Wildman–Crippen MR) is 67.1 cm³/mol. The van der Waals surface area contributed by atoms with Gasteiger partial charge in [-0.25, -0.2) is 0 Å². The molecule has 1 aliphatic rings. The number of hydrogen-bond acceptors (Lipinski definition) is 5. The summed E-state index contributed by atoms with van der Waals surface area (Å²) in [5.74, 6) is 1.73. The number of furan rings is 1. The van der Waals surface area contributed by atoms with Gasteiger partial charge < -0.3 is 9.73 Å². The Labute approximate surface area is 104 Å². The highest BCUT2D eigenvalue weighted by Gasteiger charge is 2.20. The van der Waals surface area contributed by atoms with E-state index in [9.17, 15) is 0 Å². The molecule has 0 atom stereocenters. The molecule has 0 radical (unpaired) electrons. The van der Waals surface area contributed by atoms with Crippen LogP contribution in [0.1, 0.15) is 23.6 Å². The lowest BCUT2D eigenvalue weighted by molar-refractivity contribution is 0.547. The Hall–Kier alpha value is -1.20. The van der Waals surface area contributed by atoms with Crippen molar-refractivity contribution in [2.45, 2.75) is 32.2 Å². The fraction of sp³-hybridized carbons (Fsp3) is 0.500. The maximum absolute atomic E-state index is 5.53. The average Bonchev–Trinajstić information content (AvgIpc) is 2.85. The van der Waals surface area contributed by atoms with Crippen LogP contribution in [0.4, 0.5) is 0 Å². The minimum Gasteiger partial charge on any atom is -0.459 e. The van der Waals surface area contributed by atoms with E-state index in [1.54, 1.807) is 11.3 Å². The minimum atomic E-state index is 0.759. The number of hydrogen-bond donors (Lipinski definition) is 1. The van der Waals surface area contributed by atoms with Gasteiger partial charge in [0.1, 0.15) is 10.8 Å². The predicted octanol–water partition coefficient (Wildman–Crippen LogP) is 2.40. The molecular formula is C12H15N3OS. The molecule has 0 aromatic carbocycles. The van der Waals surface area contributed by atoms with Crippen molar-refractivity contribution >= 4 is 11.3 Å². The van der Waals surface area contributed by atoms with Gasteiger partial charge >= 0.3 is 0 Å². The van der Waals surface area contributed by atoms with Gasteiger partial charge in [-0.2, -0.15) is 0 Å². The smallest absolute Gasteiger partial charge is 0.183 e. The molecular weight excluding hydrogens is 234 g/mol. The maximum atomic E-state index is 5.53. The largest absolute Gasteiger partial charge is 0.459 e. The summed E-state index contributed by atoms with van der Waals surface area (Å²) < 4.78 is 5.53. The first-order valence-corrected chi connectivity index (χ1v) is 6.75. The van der Waals surface area contributed by atoms with E-state index in [-0.39, 0.29) is 0 Å². The summed E-state index contributed by atoms with van der Waals surface area (Å²) in [4.78, 5) is 0. The van der Waals surface area contributed by atoms with Crippen LogP contribution in [0.15, 0.2) is 16.5 Å². The molecule has 0 amide bonds. The molecule has 2 heterocycles. The third-order valence-corrected chi connectivity index (χ3v) is 3.76. The van der Waals surface area contributed by atoms with Crippen molar-refractivity contribution in [2.75, 3.05) is 6.54 Å². The summed E-state index contributed by atoms with van der Waals surface area (Å²) in [5.41, 5.74) is 0. The van der Waals surface area contributed by atoms with Crippen LogP contribution in [0.25, 0.3) is 10.8 Å². The monoisotopic (exact) mass is 249 g/mol. The van der Waals surface area contributed by atoms with Crippen LogP contribution in [0.3, 0.4) is 0 Å². The van der Waals surface area contributed by atoms with Crippen LogP contribution in [0.5, 0.6) is 0 Å². The highest BCUT2D eigenvalue weighted by atomic mass is 32.1. The Balaban J connectivity index is 1.61. The molecule has 2 aromatic heterocycles. The van der Waals surface area contributed by atoms with Crippen LogP contribution >= 0.6 is 11.3 Å². The van der Waals surface area contributed by atoms with Crippen LogP contribution in [-0.4, -0.2) is 22.8 Å². The molecule has 1 saturated carbocycles. The van der Waals surface area contributed by atoms with Crippen LogP contribution in [0.2, 0.25) is 0 Å². The highest BCUT2D eigenvalue weighted by Crippen LogP contribution is 2.25. The number of nitrogens with one attached hydrogen (secondary N) is 1. The Morgan fingerprint density at radius 1 is 1.41 bits per heavy atom. The summed E-state index contributed by atoms with van der Waals surface area (Å²) in [6.45, 7) is 2.93. The van der Waals surface area contributed by atoms with Crippen LogP contribution in [0, 0.1) is 6.92 Å².